The standard InChI is InChI=1S/C15H22N4OS/c1-4-10-7-11-13(17-15(16-3)18-14(11)21-10)19-6-5-9(2)12(20)8-19/h7,9,12,20H,4-6,8H2,1-3H3,(H,16,17,18). The van der Waals surface area contributed by atoms with Crippen LogP contribution < -0.4 is 10.2 Å². The van der Waals surface area contributed by atoms with E-state index < -0.39 is 0 Å². The summed E-state index contributed by atoms with van der Waals surface area (Å²) in [6, 6.07) is 2.19. The lowest BCUT2D eigenvalue weighted by atomic mass is 9.96. The van der Waals surface area contributed by atoms with Gasteiger partial charge in [-0.05, 0) is 24.8 Å². The van der Waals surface area contributed by atoms with Crippen molar-refractivity contribution in [2.75, 3.05) is 30.4 Å². The second-order valence-electron chi connectivity index (χ2n) is 5.69. The number of nitrogens with zero attached hydrogens (tertiary/aromatic N) is 3. The molecule has 114 valence electrons. The van der Waals surface area contributed by atoms with E-state index in [2.05, 4.69) is 40.1 Å². The number of hydrogen-bond donors (Lipinski definition) is 2. The first kappa shape index (κ1) is 14.5. The van der Waals surface area contributed by atoms with E-state index in [-0.39, 0.29) is 6.10 Å². The van der Waals surface area contributed by atoms with Crippen molar-refractivity contribution in [3.8, 4) is 0 Å². The summed E-state index contributed by atoms with van der Waals surface area (Å²) >= 11 is 1.73. The number of fused-ring (bicyclic) bond motifs is 1. The number of aliphatic hydroxyl groups excluding tert-OH is 1. The van der Waals surface area contributed by atoms with Gasteiger partial charge in [0, 0.05) is 25.0 Å². The van der Waals surface area contributed by atoms with Crippen LogP contribution in [-0.2, 0) is 6.42 Å². The average Bonchev–Trinajstić information content (AvgIpc) is 2.92. The molecule has 0 bridgehead atoms. The van der Waals surface area contributed by atoms with E-state index in [1.807, 2.05) is 7.05 Å². The molecule has 2 atom stereocenters. The third-order valence-electron chi connectivity index (χ3n) is 4.21. The highest BCUT2D eigenvalue weighted by molar-refractivity contribution is 7.18. The van der Waals surface area contributed by atoms with Crippen molar-refractivity contribution < 1.29 is 5.11 Å². The summed E-state index contributed by atoms with van der Waals surface area (Å²) in [5.41, 5.74) is 0. The summed E-state index contributed by atoms with van der Waals surface area (Å²) in [7, 11) is 1.84. The van der Waals surface area contributed by atoms with Crippen molar-refractivity contribution in [1.82, 2.24) is 9.97 Å². The Kier molecular flexibility index (Phi) is 3.99. The molecule has 2 unspecified atom stereocenters. The molecule has 0 radical (unpaired) electrons. The van der Waals surface area contributed by atoms with Crippen LogP contribution in [0.2, 0.25) is 0 Å². The van der Waals surface area contributed by atoms with E-state index in [4.69, 9.17) is 0 Å². The number of β-amino-alcohol motifs (C(OH)–C–C–N with tert-alkyl or cyclic N) is 1. The molecule has 1 saturated heterocycles. The third kappa shape index (κ3) is 2.70. The number of hydrogen-bond acceptors (Lipinski definition) is 6. The Bertz CT molecular complexity index is 642. The topological polar surface area (TPSA) is 61.3 Å². The van der Waals surface area contributed by atoms with Crippen molar-refractivity contribution in [2.24, 2.45) is 5.92 Å². The lowest BCUT2D eigenvalue weighted by Gasteiger charge is -2.35. The molecule has 0 aliphatic carbocycles. The molecule has 21 heavy (non-hydrogen) atoms. The van der Waals surface area contributed by atoms with Crippen LogP contribution in [0.5, 0.6) is 0 Å². The number of rotatable bonds is 3. The maximum atomic E-state index is 10.2. The summed E-state index contributed by atoms with van der Waals surface area (Å²) in [5.74, 6) is 1.96. The number of thiophene rings is 1. The van der Waals surface area contributed by atoms with Gasteiger partial charge in [0.05, 0.1) is 11.5 Å². The molecule has 2 aromatic rings. The molecule has 2 N–H and O–H groups in total. The van der Waals surface area contributed by atoms with Crippen LogP contribution in [-0.4, -0.2) is 41.3 Å². The molecular formula is C15H22N4OS. The molecule has 0 spiro atoms. The van der Waals surface area contributed by atoms with Crippen molar-refractivity contribution in [3.63, 3.8) is 0 Å². The number of anilines is 2. The van der Waals surface area contributed by atoms with Gasteiger partial charge in [-0.3, -0.25) is 0 Å². The van der Waals surface area contributed by atoms with Crippen LogP contribution >= 0.6 is 11.3 Å². The van der Waals surface area contributed by atoms with Gasteiger partial charge < -0.3 is 15.3 Å². The Balaban J connectivity index is 2.05. The van der Waals surface area contributed by atoms with Gasteiger partial charge in [0.25, 0.3) is 0 Å². The zero-order valence-electron chi connectivity index (χ0n) is 12.8. The summed E-state index contributed by atoms with van der Waals surface area (Å²) in [5, 5.41) is 14.3. The molecular weight excluding hydrogens is 284 g/mol. The first-order valence-corrected chi connectivity index (χ1v) is 8.35. The van der Waals surface area contributed by atoms with Crippen LogP contribution in [0.4, 0.5) is 11.8 Å². The molecule has 3 heterocycles. The highest BCUT2D eigenvalue weighted by Gasteiger charge is 2.27. The second kappa shape index (κ2) is 5.77. The largest absolute Gasteiger partial charge is 0.391 e. The zero-order valence-corrected chi connectivity index (χ0v) is 13.6. The van der Waals surface area contributed by atoms with E-state index in [0.29, 0.717) is 18.4 Å². The van der Waals surface area contributed by atoms with E-state index >= 15 is 0 Å². The zero-order chi connectivity index (χ0) is 15.0. The summed E-state index contributed by atoms with van der Waals surface area (Å²) < 4.78 is 0. The molecule has 0 saturated carbocycles. The van der Waals surface area contributed by atoms with Crippen LogP contribution in [0.3, 0.4) is 0 Å². The van der Waals surface area contributed by atoms with Crippen molar-refractivity contribution >= 4 is 33.3 Å². The quantitative estimate of drug-likeness (QED) is 0.912. The first-order valence-electron chi connectivity index (χ1n) is 7.53. The molecule has 6 heteroatoms. The predicted octanol–water partition coefficient (Wildman–Crippen LogP) is 2.50. The SMILES string of the molecule is CCc1cc2c(N3CCC(C)C(O)C3)nc(NC)nc2s1. The van der Waals surface area contributed by atoms with Crippen molar-refractivity contribution in [1.29, 1.82) is 0 Å². The van der Waals surface area contributed by atoms with E-state index in [1.54, 1.807) is 11.3 Å². The second-order valence-corrected chi connectivity index (χ2v) is 6.80. The van der Waals surface area contributed by atoms with E-state index in [9.17, 15) is 5.11 Å². The van der Waals surface area contributed by atoms with Gasteiger partial charge in [-0.1, -0.05) is 13.8 Å². The summed E-state index contributed by atoms with van der Waals surface area (Å²) in [6.07, 6.45) is 1.72. The molecule has 5 nitrogen and oxygen atoms in total. The molecule has 1 fully saturated rings. The lowest BCUT2D eigenvalue weighted by molar-refractivity contribution is 0.103. The average molecular weight is 306 g/mol. The highest BCUT2D eigenvalue weighted by Crippen LogP contribution is 2.34. The first-order chi connectivity index (χ1) is 10.1. The molecule has 0 amide bonds. The fraction of sp³-hybridized carbons (Fsp3) is 0.600. The number of aryl methyl sites for hydroxylation is 1. The third-order valence-corrected chi connectivity index (χ3v) is 5.39. The monoisotopic (exact) mass is 306 g/mol. The van der Waals surface area contributed by atoms with Gasteiger partial charge in [-0.2, -0.15) is 4.98 Å². The number of aliphatic hydroxyl groups is 1. The molecule has 1 aliphatic rings. The lowest BCUT2D eigenvalue weighted by Crippen LogP contribution is -2.43. The predicted molar refractivity (Wildman–Crippen MR) is 88.3 cm³/mol. The Morgan fingerprint density at radius 3 is 2.95 bits per heavy atom. The van der Waals surface area contributed by atoms with Crippen molar-refractivity contribution in [2.45, 2.75) is 32.8 Å². The van der Waals surface area contributed by atoms with Gasteiger partial charge >= 0.3 is 0 Å². The van der Waals surface area contributed by atoms with Gasteiger partial charge in [-0.15, -0.1) is 11.3 Å². The van der Waals surface area contributed by atoms with Crippen molar-refractivity contribution in [3.05, 3.63) is 10.9 Å². The van der Waals surface area contributed by atoms with Crippen LogP contribution in [0, 0.1) is 5.92 Å². The smallest absolute Gasteiger partial charge is 0.225 e. The highest BCUT2D eigenvalue weighted by atomic mass is 32.1. The van der Waals surface area contributed by atoms with E-state index in [0.717, 1.165) is 35.4 Å². The van der Waals surface area contributed by atoms with Gasteiger partial charge in [0.1, 0.15) is 10.6 Å². The van der Waals surface area contributed by atoms with Gasteiger partial charge in [0.2, 0.25) is 5.95 Å². The van der Waals surface area contributed by atoms with Gasteiger partial charge in [-0.25, -0.2) is 4.98 Å². The number of aromatic nitrogens is 2. The van der Waals surface area contributed by atoms with Crippen LogP contribution in [0.25, 0.3) is 10.2 Å². The fourth-order valence-corrected chi connectivity index (χ4v) is 3.69. The Labute approximate surface area is 129 Å². The maximum absolute atomic E-state index is 10.2. The minimum Gasteiger partial charge on any atom is -0.391 e. The Morgan fingerprint density at radius 1 is 1.48 bits per heavy atom. The number of nitrogens with one attached hydrogen (secondary N) is 1. The minimum absolute atomic E-state index is 0.286. The fourth-order valence-electron chi connectivity index (χ4n) is 2.72. The van der Waals surface area contributed by atoms with Crippen LogP contribution in [0.1, 0.15) is 25.1 Å². The number of piperidine rings is 1. The Hall–Kier alpha value is -1.40. The maximum Gasteiger partial charge on any atom is 0.225 e. The van der Waals surface area contributed by atoms with Crippen LogP contribution in [0.15, 0.2) is 6.07 Å². The molecule has 3 rings (SSSR count). The summed E-state index contributed by atoms with van der Waals surface area (Å²) in [6.45, 7) is 5.85. The summed E-state index contributed by atoms with van der Waals surface area (Å²) in [4.78, 5) is 13.7. The molecule has 1 aliphatic heterocycles. The Morgan fingerprint density at radius 2 is 2.29 bits per heavy atom. The van der Waals surface area contributed by atoms with E-state index in [1.165, 1.54) is 4.88 Å². The molecule has 0 aromatic carbocycles. The molecule has 2 aromatic heterocycles. The normalized spacial score (nSPS) is 22.8. The van der Waals surface area contributed by atoms with Gasteiger partial charge in [0.15, 0.2) is 0 Å². The minimum atomic E-state index is -0.286.